The summed E-state index contributed by atoms with van der Waals surface area (Å²) in [4.78, 5) is 36.6. The van der Waals surface area contributed by atoms with E-state index in [1.807, 2.05) is 12.1 Å². The topological polar surface area (TPSA) is 76.1 Å². The van der Waals surface area contributed by atoms with E-state index in [0.717, 1.165) is 5.56 Å². The maximum absolute atomic E-state index is 11.6. The highest BCUT2D eigenvalue weighted by atomic mass is 16.2. The molecule has 2 aromatic rings. The van der Waals surface area contributed by atoms with E-state index in [1.165, 1.54) is 4.90 Å². The summed E-state index contributed by atoms with van der Waals surface area (Å²) < 4.78 is 0. The van der Waals surface area contributed by atoms with Crippen molar-refractivity contribution in [3.05, 3.63) is 36.8 Å². The Labute approximate surface area is 109 Å². The number of amides is 1. The lowest BCUT2D eigenvalue weighted by Crippen LogP contribution is -2.26. The van der Waals surface area contributed by atoms with E-state index >= 15 is 0 Å². The Balaban J connectivity index is 1.97. The van der Waals surface area contributed by atoms with Gasteiger partial charge in [0.15, 0.2) is 5.78 Å². The Kier molecular flexibility index (Phi) is 2.75. The number of anilines is 1. The van der Waals surface area contributed by atoms with Crippen LogP contribution in [0.4, 0.5) is 5.95 Å². The van der Waals surface area contributed by atoms with Gasteiger partial charge in [-0.15, -0.1) is 0 Å². The van der Waals surface area contributed by atoms with E-state index in [2.05, 4.69) is 15.0 Å². The predicted molar refractivity (Wildman–Crippen MR) is 67.2 cm³/mol. The first-order chi connectivity index (χ1) is 9.24. The molecule has 6 heteroatoms. The number of rotatable bonds is 2. The maximum atomic E-state index is 11.6. The van der Waals surface area contributed by atoms with Crippen molar-refractivity contribution in [1.29, 1.82) is 0 Å². The lowest BCUT2D eigenvalue weighted by Gasteiger charge is -2.12. The number of nitrogens with zero attached hydrogens (tertiary/aromatic N) is 4. The molecule has 0 unspecified atom stereocenters. The minimum atomic E-state index is -0.256. The van der Waals surface area contributed by atoms with Gasteiger partial charge in [0.2, 0.25) is 11.9 Å². The maximum Gasteiger partial charge on any atom is 0.237 e. The van der Waals surface area contributed by atoms with Crippen molar-refractivity contribution in [3.8, 4) is 11.3 Å². The second-order valence-electron chi connectivity index (χ2n) is 4.18. The molecule has 0 bridgehead atoms. The zero-order valence-corrected chi connectivity index (χ0v) is 9.98. The van der Waals surface area contributed by atoms with E-state index in [4.69, 9.17) is 0 Å². The van der Waals surface area contributed by atoms with Gasteiger partial charge in [0.25, 0.3) is 0 Å². The molecular weight excluding hydrogens is 244 g/mol. The normalized spacial score (nSPS) is 15.1. The average Bonchev–Trinajstić information content (AvgIpc) is 2.79. The quantitative estimate of drug-likeness (QED) is 0.742. The van der Waals surface area contributed by atoms with Crippen LogP contribution in [0.1, 0.15) is 6.42 Å². The van der Waals surface area contributed by atoms with Crippen LogP contribution in [0.5, 0.6) is 0 Å². The average molecular weight is 254 g/mol. The summed E-state index contributed by atoms with van der Waals surface area (Å²) in [5.74, 6) is -0.106. The fourth-order valence-electron chi connectivity index (χ4n) is 1.92. The van der Waals surface area contributed by atoms with Crippen LogP contribution in [0.2, 0.25) is 0 Å². The molecule has 6 nitrogen and oxygen atoms in total. The number of pyridine rings is 1. The summed E-state index contributed by atoms with van der Waals surface area (Å²) in [5, 5.41) is 0. The molecular formula is C13H10N4O2. The van der Waals surface area contributed by atoms with Crippen molar-refractivity contribution in [2.45, 2.75) is 6.42 Å². The van der Waals surface area contributed by atoms with E-state index in [9.17, 15) is 9.59 Å². The Morgan fingerprint density at radius 3 is 2.74 bits per heavy atom. The van der Waals surface area contributed by atoms with Crippen LogP contribution in [0.25, 0.3) is 11.3 Å². The molecule has 1 aliphatic heterocycles. The summed E-state index contributed by atoms with van der Waals surface area (Å²) in [6.07, 6.45) is 4.86. The molecule has 3 heterocycles. The van der Waals surface area contributed by atoms with Gasteiger partial charge in [-0.2, -0.15) is 0 Å². The standard InChI is InChI=1S/C13H10N4O2/c18-10-6-12(19)17(8-10)13-15-5-3-11(16-13)9-2-1-4-14-7-9/h1-5,7H,6,8H2. The molecule has 19 heavy (non-hydrogen) atoms. The highest BCUT2D eigenvalue weighted by Gasteiger charge is 2.30. The van der Waals surface area contributed by atoms with Crippen LogP contribution in [0.15, 0.2) is 36.8 Å². The van der Waals surface area contributed by atoms with Crippen molar-refractivity contribution >= 4 is 17.6 Å². The van der Waals surface area contributed by atoms with E-state index in [1.54, 1.807) is 24.7 Å². The van der Waals surface area contributed by atoms with Crippen molar-refractivity contribution in [1.82, 2.24) is 15.0 Å². The molecule has 0 aromatic carbocycles. The molecule has 1 amide bonds. The molecule has 0 radical (unpaired) electrons. The van der Waals surface area contributed by atoms with Crippen molar-refractivity contribution in [2.24, 2.45) is 0 Å². The summed E-state index contributed by atoms with van der Waals surface area (Å²) >= 11 is 0. The van der Waals surface area contributed by atoms with Gasteiger partial charge in [0.05, 0.1) is 18.7 Å². The van der Waals surface area contributed by atoms with Crippen LogP contribution in [0.3, 0.4) is 0 Å². The Bertz CT molecular complexity index is 642. The number of ketones is 1. The molecule has 1 fully saturated rings. The Morgan fingerprint density at radius 1 is 1.16 bits per heavy atom. The number of hydrogen-bond donors (Lipinski definition) is 0. The minimum Gasteiger partial charge on any atom is -0.297 e. The number of carbonyl (C=O) groups is 2. The summed E-state index contributed by atoms with van der Waals surface area (Å²) in [6.45, 7) is 0.0509. The first kappa shape index (κ1) is 11.5. The highest BCUT2D eigenvalue weighted by Crippen LogP contribution is 2.20. The Morgan fingerprint density at radius 2 is 2.05 bits per heavy atom. The SMILES string of the molecule is O=C1CC(=O)N(c2nccc(-c3cccnc3)n2)C1. The third-order valence-electron chi connectivity index (χ3n) is 2.83. The van der Waals surface area contributed by atoms with Gasteiger partial charge in [-0.25, -0.2) is 9.97 Å². The molecule has 3 rings (SSSR count). The molecule has 0 aliphatic carbocycles. The number of hydrogen-bond acceptors (Lipinski definition) is 5. The lowest BCUT2D eigenvalue weighted by molar-refractivity contribution is -0.121. The zero-order chi connectivity index (χ0) is 13.2. The van der Waals surface area contributed by atoms with E-state index in [-0.39, 0.29) is 30.6 Å². The zero-order valence-electron chi connectivity index (χ0n) is 9.98. The van der Waals surface area contributed by atoms with E-state index in [0.29, 0.717) is 5.69 Å². The van der Waals surface area contributed by atoms with Crippen molar-refractivity contribution < 1.29 is 9.59 Å². The third-order valence-corrected chi connectivity index (χ3v) is 2.83. The first-order valence-electron chi connectivity index (χ1n) is 5.79. The minimum absolute atomic E-state index is 0.0509. The second kappa shape index (κ2) is 4.56. The van der Waals surface area contributed by atoms with Gasteiger partial charge in [-0.05, 0) is 18.2 Å². The highest BCUT2D eigenvalue weighted by molar-refractivity contribution is 6.14. The predicted octanol–water partition coefficient (Wildman–Crippen LogP) is 0.844. The van der Waals surface area contributed by atoms with Gasteiger partial charge < -0.3 is 0 Å². The van der Waals surface area contributed by atoms with Gasteiger partial charge in [-0.3, -0.25) is 19.5 Å². The molecule has 0 saturated carbocycles. The largest absolute Gasteiger partial charge is 0.297 e. The number of Topliss-reactive ketones (excluding diaryl/α,β-unsaturated/α-hetero) is 1. The van der Waals surface area contributed by atoms with Crippen molar-refractivity contribution in [3.63, 3.8) is 0 Å². The molecule has 0 N–H and O–H groups in total. The fraction of sp³-hybridized carbons (Fsp3) is 0.154. The second-order valence-corrected chi connectivity index (χ2v) is 4.18. The monoisotopic (exact) mass is 254 g/mol. The van der Waals surface area contributed by atoms with Gasteiger partial charge in [0.1, 0.15) is 0 Å². The number of aromatic nitrogens is 3. The van der Waals surface area contributed by atoms with Crippen molar-refractivity contribution in [2.75, 3.05) is 11.4 Å². The fourth-order valence-corrected chi connectivity index (χ4v) is 1.92. The summed E-state index contributed by atoms with van der Waals surface area (Å²) in [7, 11) is 0. The molecule has 0 atom stereocenters. The number of carbonyl (C=O) groups excluding carboxylic acids is 2. The summed E-state index contributed by atoms with van der Waals surface area (Å²) in [5.41, 5.74) is 1.51. The summed E-state index contributed by atoms with van der Waals surface area (Å²) in [6, 6.07) is 5.42. The smallest absolute Gasteiger partial charge is 0.237 e. The third kappa shape index (κ3) is 2.20. The van der Waals surface area contributed by atoms with Crippen LogP contribution in [-0.4, -0.2) is 33.2 Å². The molecule has 94 valence electrons. The van der Waals surface area contributed by atoms with Crippen LogP contribution >= 0.6 is 0 Å². The van der Waals surface area contributed by atoms with Crippen LogP contribution < -0.4 is 4.90 Å². The van der Waals surface area contributed by atoms with Gasteiger partial charge in [0, 0.05) is 24.2 Å². The van der Waals surface area contributed by atoms with Crippen LogP contribution in [-0.2, 0) is 9.59 Å². The molecule has 1 aliphatic rings. The lowest BCUT2D eigenvalue weighted by atomic mass is 10.2. The van der Waals surface area contributed by atoms with Crippen LogP contribution in [0, 0.1) is 0 Å². The van der Waals surface area contributed by atoms with E-state index < -0.39 is 0 Å². The Hall–Kier alpha value is -2.63. The van der Waals surface area contributed by atoms with Gasteiger partial charge >= 0.3 is 0 Å². The molecule has 2 aromatic heterocycles. The van der Waals surface area contributed by atoms with Gasteiger partial charge in [-0.1, -0.05) is 0 Å². The molecule has 0 spiro atoms. The first-order valence-corrected chi connectivity index (χ1v) is 5.79. The molecule has 1 saturated heterocycles.